The van der Waals surface area contributed by atoms with Gasteiger partial charge in [-0.1, -0.05) is 0 Å². The minimum absolute atomic E-state index is 0.121. The van der Waals surface area contributed by atoms with Crippen LogP contribution in [-0.2, 0) is 21.3 Å². The number of hydrogen-bond acceptors (Lipinski definition) is 5. The Labute approximate surface area is 147 Å². The van der Waals surface area contributed by atoms with Crippen LogP contribution in [0.3, 0.4) is 0 Å². The van der Waals surface area contributed by atoms with E-state index < -0.39 is 10.0 Å². The van der Waals surface area contributed by atoms with Crippen LogP contribution in [0, 0.1) is 0 Å². The van der Waals surface area contributed by atoms with E-state index in [0.717, 1.165) is 5.56 Å². The highest BCUT2D eigenvalue weighted by molar-refractivity contribution is 7.89. The number of benzene rings is 1. The van der Waals surface area contributed by atoms with Crippen LogP contribution < -0.4 is 10.0 Å². The Morgan fingerprint density at radius 3 is 2.44 bits per heavy atom. The van der Waals surface area contributed by atoms with Crippen molar-refractivity contribution in [3.63, 3.8) is 0 Å². The van der Waals surface area contributed by atoms with Gasteiger partial charge in [-0.25, -0.2) is 13.1 Å². The lowest BCUT2D eigenvalue weighted by atomic mass is 10.2. The predicted octanol–water partition coefficient (Wildman–Crippen LogP) is 1.33. The number of hydrogen-bond donors (Lipinski definition) is 2. The number of amides is 1. The van der Waals surface area contributed by atoms with Crippen molar-refractivity contribution in [2.45, 2.75) is 17.9 Å². The summed E-state index contributed by atoms with van der Waals surface area (Å²) in [6, 6.07) is 9.44. The van der Waals surface area contributed by atoms with Crippen molar-refractivity contribution in [1.82, 2.24) is 15.0 Å². The van der Waals surface area contributed by atoms with Gasteiger partial charge in [0.15, 0.2) is 0 Å². The number of sulfonamides is 1. The normalized spacial score (nSPS) is 11.2. The third kappa shape index (κ3) is 5.93. The first-order chi connectivity index (χ1) is 12.0. The number of carbonyl (C=O) groups is 1. The molecule has 8 heteroatoms. The van der Waals surface area contributed by atoms with Gasteiger partial charge >= 0.3 is 0 Å². The molecular formula is C17H21N3O4S. The maximum Gasteiger partial charge on any atom is 0.251 e. The maximum atomic E-state index is 12.1. The van der Waals surface area contributed by atoms with Crippen LogP contribution in [0.1, 0.15) is 22.3 Å². The fraction of sp³-hybridized carbons (Fsp3) is 0.294. The monoisotopic (exact) mass is 363 g/mol. The first-order valence-electron chi connectivity index (χ1n) is 7.79. The Hall–Kier alpha value is -2.29. The third-order valence-electron chi connectivity index (χ3n) is 3.45. The Bertz CT molecular complexity index is 777. The Balaban J connectivity index is 1.93. The molecule has 0 saturated carbocycles. The van der Waals surface area contributed by atoms with Gasteiger partial charge in [-0.2, -0.15) is 0 Å². The van der Waals surface area contributed by atoms with Crippen LogP contribution in [0.4, 0.5) is 0 Å². The first-order valence-corrected chi connectivity index (χ1v) is 9.27. The minimum Gasteiger partial charge on any atom is -0.385 e. The summed E-state index contributed by atoms with van der Waals surface area (Å²) in [4.78, 5) is 16.2. The van der Waals surface area contributed by atoms with Crippen LogP contribution in [0.15, 0.2) is 53.7 Å². The summed E-state index contributed by atoms with van der Waals surface area (Å²) in [7, 11) is -2.02. The molecule has 7 nitrogen and oxygen atoms in total. The zero-order valence-electron chi connectivity index (χ0n) is 13.9. The largest absolute Gasteiger partial charge is 0.385 e. The van der Waals surface area contributed by atoms with E-state index in [1.54, 1.807) is 19.5 Å². The van der Waals surface area contributed by atoms with Crippen molar-refractivity contribution in [3.8, 4) is 0 Å². The van der Waals surface area contributed by atoms with Crippen molar-refractivity contribution in [1.29, 1.82) is 0 Å². The van der Waals surface area contributed by atoms with Crippen LogP contribution in [0.5, 0.6) is 0 Å². The molecule has 0 saturated heterocycles. The second kappa shape index (κ2) is 9.26. The molecule has 25 heavy (non-hydrogen) atoms. The van der Waals surface area contributed by atoms with Gasteiger partial charge < -0.3 is 10.1 Å². The molecule has 0 unspecified atom stereocenters. The molecule has 0 bridgehead atoms. The summed E-state index contributed by atoms with van der Waals surface area (Å²) < 4.78 is 31.6. The minimum atomic E-state index is -3.58. The van der Waals surface area contributed by atoms with Crippen molar-refractivity contribution in [2.75, 3.05) is 20.3 Å². The zero-order chi connectivity index (χ0) is 18.1. The van der Waals surface area contributed by atoms with Gasteiger partial charge in [0, 0.05) is 44.8 Å². The molecule has 0 spiro atoms. The lowest BCUT2D eigenvalue weighted by molar-refractivity contribution is 0.0951. The number of aromatic nitrogens is 1. The quantitative estimate of drug-likeness (QED) is 0.655. The summed E-state index contributed by atoms with van der Waals surface area (Å²) in [5.74, 6) is -0.270. The highest BCUT2D eigenvalue weighted by Crippen LogP contribution is 2.11. The molecule has 2 N–H and O–H groups in total. The standard InChI is InChI=1S/C17H21N3O4S/c1-24-12-2-9-20-25(22,23)16-5-3-15(4-6-16)17(21)19-13-14-7-10-18-11-8-14/h3-8,10-11,20H,2,9,12-13H2,1H3,(H,19,21). The summed E-state index contributed by atoms with van der Waals surface area (Å²) in [5, 5.41) is 2.78. The van der Waals surface area contributed by atoms with E-state index in [-0.39, 0.29) is 10.8 Å². The van der Waals surface area contributed by atoms with Crippen LogP contribution in [0.25, 0.3) is 0 Å². The molecular weight excluding hydrogens is 342 g/mol. The van der Waals surface area contributed by atoms with E-state index >= 15 is 0 Å². The molecule has 1 aromatic heterocycles. The van der Waals surface area contributed by atoms with Gasteiger partial charge in [-0.05, 0) is 48.4 Å². The zero-order valence-corrected chi connectivity index (χ0v) is 14.8. The van der Waals surface area contributed by atoms with Crippen molar-refractivity contribution < 1.29 is 17.9 Å². The maximum absolute atomic E-state index is 12.1. The first kappa shape index (κ1) is 19.0. The molecule has 2 aromatic rings. The van der Waals surface area contributed by atoms with Crippen LogP contribution in [0.2, 0.25) is 0 Å². The number of methoxy groups -OCH3 is 1. The summed E-state index contributed by atoms with van der Waals surface area (Å²) in [6.45, 7) is 1.16. The van der Waals surface area contributed by atoms with Gasteiger partial charge in [-0.3, -0.25) is 9.78 Å². The van der Waals surface area contributed by atoms with Crippen LogP contribution in [-0.4, -0.2) is 39.6 Å². The van der Waals surface area contributed by atoms with Gasteiger partial charge in [-0.15, -0.1) is 0 Å². The lowest BCUT2D eigenvalue weighted by Gasteiger charge is -2.08. The number of nitrogens with zero attached hydrogens (tertiary/aromatic N) is 1. The number of carbonyl (C=O) groups excluding carboxylic acids is 1. The Morgan fingerprint density at radius 1 is 1.12 bits per heavy atom. The Morgan fingerprint density at radius 2 is 1.80 bits per heavy atom. The van der Waals surface area contributed by atoms with Gasteiger partial charge in [0.1, 0.15) is 0 Å². The molecule has 0 atom stereocenters. The molecule has 0 radical (unpaired) electrons. The molecule has 0 aliphatic carbocycles. The summed E-state index contributed by atoms with van der Waals surface area (Å²) in [5.41, 5.74) is 1.33. The molecule has 2 rings (SSSR count). The molecule has 0 fully saturated rings. The van der Waals surface area contributed by atoms with Crippen molar-refractivity contribution in [2.24, 2.45) is 0 Å². The van der Waals surface area contributed by atoms with Crippen molar-refractivity contribution in [3.05, 3.63) is 59.9 Å². The highest BCUT2D eigenvalue weighted by Gasteiger charge is 2.14. The van der Waals surface area contributed by atoms with E-state index in [9.17, 15) is 13.2 Å². The Kier molecular flexibility index (Phi) is 7.05. The van der Waals surface area contributed by atoms with Crippen LogP contribution >= 0.6 is 0 Å². The topological polar surface area (TPSA) is 97.4 Å². The second-order valence-electron chi connectivity index (χ2n) is 5.31. The van der Waals surface area contributed by atoms with E-state index in [1.807, 2.05) is 12.1 Å². The number of nitrogens with one attached hydrogen (secondary N) is 2. The third-order valence-corrected chi connectivity index (χ3v) is 4.92. The number of pyridine rings is 1. The molecule has 1 heterocycles. The molecule has 0 aliphatic heterocycles. The fourth-order valence-electron chi connectivity index (χ4n) is 2.08. The second-order valence-corrected chi connectivity index (χ2v) is 7.07. The van der Waals surface area contributed by atoms with Gasteiger partial charge in [0.05, 0.1) is 4.90 Å². The fourth-order valence-corrected chi connectivity index (χ4v) is 3.15. The number of rotatable bonds is 9. The molecule has 1 aromatic carbocycles. The van der Waals surface area contributed by atoms with E-state index in [1.165, 1.54) is 24.3 Å². The summed E-state index contributed by atoms with van der Waals surface area (Å²) >= 11 is 0. The number of ether oxygens (including phenoxy) is 1. The van der Waals surface area contributed by atoms with E-state index in [0.29, 0.717) is 31.7 Å². The highest BCUT2D eigenvalue weighted by atomic mass is 32.2. The lowest BCUT2D eigenvalue weighted by Crippen LogP contribution is -2.26. The SMILES string of the molecule is COCCCNS(=O)(=O)c1ccc(C(=O)NCc2ccncc2)cc1. The summed E-state index contributed by atoms with van der Waals surface area (Å²) in [6.07, 6.45) is 3.90. The average Bonchev–Trinajstić information content (AvgIpc) is 2.64. The van der Waals surface area contributed by atoms with Gasteiger partial charge in [0.25, 0.3) is 5.91 Å². The molecule has 1 amide bonds. The predicted molar refractivity (Wildman–Crippen MR) is 93.5 cm³/mol. The van der Waals surface area contributed by atoms with E-state index in [4.69, 9.17) is 4.74 Å². The van der Waals surface area contributed by atoms with Crippen molar-refractivity contribution >= 4 is 15.9 Å². The average molecular weight is 363 g/mol. The van der Waals surface area contributed by atoms with Gasteiger partial charge in [0.2, 0.25) is 10.0 Å². The smallest absolute Gasteiger partial charge is 0.251 e. The van der Waals surface area contributed by atoms with E-state index in [2.05, 4.69) is 15.0 Å². The molecule has 0 aliphatic rings. The molecule has 134 valence electrons.